The van der Waals surface area contributed by atoms with Crippen LogP contribution in [0.25, 0.3) is 27.6 Å². The second-order valence-electron chi connectivity index (χ2n) is 16.1. The van der Waals surface area contributed by atoms with Crippen molar-refractivity contribution in [3.05, 3.63) is 101 Å². The van der Waals surface area contributed by atoms with Gasteiger partial charge in [-0.3, -0.25) is 29.2 Å². The number of benzene rings is 3. The number of carbonyl (C=O) groups is 4. The molecule has 5 aromatic rings. The highest BCUT2D eigenvalue weighted by Crippen LogP contribution is 2.44. The van der Waals surface area contributed by atoms with E-state index in [1.54, 1.807) is 48.2 Å². The van der Waals surface area contributed by atoms with E-state index in [0.717, 1.165) is 42.4 Å². The molecule has 1 saturated heterocycles. The summed E-state index contributed by atoms with van der Waals surface area (Å²) in [5.74, 6) is -1.23. The molecule has 1 unspecified atom stereocenters. The van der Waals surface area contributed by atoms with Crippen molar-refractivity contribution in [1.29, 1.82) is 0 Å². The molecule has 2 aromatic heterocycles. The Kier molecular flexibility index (Phi) is 11.5. The quantitative estimate of drug-likeness (QED) is 0.123. The molecule has 312 valence electrons. The van der Waals surface area contributed by atoms with Crippen LogP contribution < -0.4 is 15.4 Å². The van der Waals surface area contributed by atoms with Crippen molar-refractivity contribution in [2.45, 2.75) is 75.8 Å². The number of fused-ring (bicyclic) bond motifs is 1. The molecule has 0 radical (unpaired) electrons. The number of rotatable bonds is 11. The lowest BCUT2D eigenvalue weighted by Gasteiger charge is -2.30. The van der Waals surface area contributed by atoms with Crippen molar-refractivity contribution in [3.8, 4) is 16.9 Å². The summed E-state index contributed by atoms with van der Waals surface area (Å²) in [5, 5.41) is 13.7. The zero-order chi connectivity index (χ0) is 42.1. The molecule has 3 N–H and O–H groups in total. The number of piperidine rings is 1. The average Bonchev–Trinajstić information content (AvgIpc) is 3.96. The molecule has 8 rings (SSSR count). The van der Waals surface area contributed by atoms with E-state index in [0.29, 0.717) is 59.5 Å². The molecule has 4 amide bonds. The molecule has 1 saturated carbocycles. The number of carbonyl (C=O) groups excluding carboxylic acids is 4. The van der Waals surface area contributed by atoms with Gasteiger partial charge in [0.05, 0.1) is 31.1 Å². The molecular weight excluding hydrogens is 771 g/mol. The number of amides is 4. The predicted octanol–water partition coefficient (Wildman–Crippen LogP) is 6.78. The zero-order valence-electron chi connectivity index (χ0n) is 33.9. The van der Waals surface area contributed by atoms with Crippen LogP contribution in [-0.2, 0) is 20.9 Å². The Morgan fingerprint density at radius 2 is 1.75 bits per heavy atom. The van der Waals surface area contributed by atoms with Crippen molar-refractivity contribution in [2.24, 2.45) is 0 Å². The lowest BCUT2D eigenvalue weighted by Crippen LogP contribution is -2.47. The first-order valence-electron chi connectivity index (χ1n) is 20.4. The number of nitrogens with zero attached hydrogens (tertiary/aromatic N) is 5. The van der Waals surface area contributed by atoms with Gasteiger partial charge in [0.25, 0.3) is 5.91 Å². The lowest BCUT2D eigenvalue weighted by molar-refractivity contribution is -0.134. The van der Waals surface area contributed by atoms with Gasteiger partial charge in [-0.15, -0.1) is 5.10 Å². The number of anilines is 1. The van der Waals surface area contributed by atoms with Crippen molar-refractivity contribution >= 4 is 45.8 Å². The van der Waals surface area contributed by atoms with E-state index in [4.69, 9.17) is 4.74 Å². The number of aryl methyl sites for hydroxylation is 1. The predicted molar refractivity (Wildman–Crippen MR) is 222 cm³/mol. The molecule has 0 spiro atoms. The number of aromatic amines is 1. The fraction of sp³-hybridized carbons (Fsp3) is 0.378. The number of hydrogen-bond acceptors (Lipinski definition) is 8. The molecule has 1 aliphatic carbocycles. The van der Waals surface area contributed by atoms with Crippen LogP contribution in [0.3, 0.4) is 0 Å². The summed E-state index contributed by atoms with van der Waals surface area (Å²) in [6.45, 7) is 1.18. The number of methoxy groups -OCH3 is 1. The minimum atomic E-state index is -0.660. The molecule has 0 bridgehead atoms. The van der Waals surface area contributed by atoms with Gasteiger partial charge in [-0.2, -0.15) is 0 Å². The summed E-state index contributed by atoms with van der Waals surface area (Å²) in [6.07, 6.45) is 9.85. The Morgan fingerprint density at radius 3 is 2.45 bits per heavy atom. The minimum Gasteiger partial charge on any atom is -0.495 e. The van der Waals surface area contributed by atoms with Gasteiger partial charge in [-0.1, -0.05) is 35.6 Å². The first-order chi connectivity index (χ1) is 29.0. The van der Waals surface area contributed by atoms with E-state index in [1.165, 1.54) is 18.1 Å². The van der Waals surface area contributed by atoms with Crippen molar-refractivity contribution < 1.29 is 32.7 Å². The standard InChI is InChI=1S/C45H48F2N8O5/c1-53(2)45(59)38-22-34-31(21-33(42(47)43(34)50-38)30-5-4-18-54(25-30)41(57)16-19-55-20-17-48-52-55)28-10-6-26(7-11-28)27-8-12-29(13-9-27)32-23-39(60-3)37(24-35(32)46)49-36-14-15-40(56)51-44(36)58/h5-7,10-11,17,20-24,27,29,36,49-50H,4,8-9,12-16,18-19,25H2,1-3H3,(H,51,56,58). The Morgan fingerprint density at radius 1 is 0.983 bits per heavy atom. The van der Waals surface area contributed by atoms with Crippen molar-refractivity contribution in [3.63, 3.8) is 0 Å². The SMILES string of the molecule is COc1cc(C2CCC(c3ccc(-c4cc(C5=CCCN(C(=O)CCn6ccnn6)C5)c(F)c5[nH]c(C(=O)N(C)C)cc45)cc3)CC2)c(F)cc1NC1CCC(=O)NC1=O. The van der Waals surface area contributed by atoms with Crippen LogP contribution in [-0.4, -0.2) is 93.7 Å². The van der Waals surface area contributed by atoms with Gasteiger partial charge in [0.2, 0.25) is 17.7 Å². The van der Waals surface area contributed by atoms with Crippen LogP contribution >= 0.6 is 0 Å². The molecule has 2 fully saturated rings. The van der Waals surface area contributed by atoms with Crippen LogP contribution in [0.1, 0.15) is 90.4 Å². The number of nitrogens with one attached hydrogen (secondary N) is 3. The normalized spacial score (nSPS) is 19.5. The van der Waals surface area contributed by atoms with Gasteiger partial charge >= 0.3 is 0 Å². The Hall–Kier alpha value is -6.38. The second-order valence-corrected chi connectivity index (χ2v) is 16.1. The second kappa shape index (κ2) is 17.1. The maximum Gasteiger partial charge on any atom is 0.269 e. The Bertz CT molecular complexity index is 2470. The topological polar surface area (TPSA) is 155 Å². The molecule has 3 aliphatic rings. The van der Waals surface area contributed by atoms with E-state index in [1.807, 2.05) is 24.3 Å². The van der Waals surface area contributed by atoms with E-state index < -0.39 is 17.8 Å². The van der Waals surface area contributed by atoms with Crippen molar-refractivity contribution in [2.75, 3.05) is 39.6 Å². The van der Waals surface area contributed by atoms with E-state index in [9.17, 15) is 19.2 Å². The van der Waals surface area contributed by atoms with Gasteiger partial charge in [0.15, 0.2) is 5.82 Å². The molecule has 60 heavy (non-hydrogen) atoms. The number of hydrogen-bond donors (Lipinski definition) is 3. The minimum absolute atomic E-state index is 0.00772. The highest BCUT2D eigenvalue weighted by molar-refractivity contribution is 6.05. The maximum absolute atomic E-state index is 16.6. The van der Waals surface area contributed by atoms with Gasteiger partial charge in [-0.05, 0) is 96.4 Å². The summed E-state index contributed by atoms with van der Waals surface area (Å²) < 4.78 is 39.5. The highest BCUT2D eigenvalue weighted by atomic mass is 19.1. The fourth-order valence-electron chi connectivity index (χ4n) is 8.82. The van der Waals surface area contributed by atoms with Crippen LogP contribution in [0.15, 0.2) is 67.0 Å². The summed E-state index contributed by atoms with van der Waals surface area (Å²) in [6, 6.07) is 14.2. The largest absolute Gasteiger partial charge is 0.495 e. The first kappa shape index (κ1) is 40.4. The molecule has 2 aliphatic heterocycles. The third-order valence-electron chi connectivity index (χ3n) is 12.1. The number of imide groups is 1. The van der Waals surface area contributed by atoms with Crippen LogP contribution in [0, 0.1) is 11.6 Å². The third-order valence-corrected chi connectivity index (χ3v) is 12.1. The lowest BCUT2D eigenvalue weighted by atomic mass is 9.76. The van der Waals surface area contributed by atoms with Gasteiger partial charge in [0, 0.05) is 63.2 Å². The summed E-state index contributed by atoms with van der Waals surface area (Å²) in [4.78, 5) is 56.5. The summed E-state index contributed by atoms with van der Waals surface area (Å²) in [5.41, 5.74) is 5.32. The monoisotopic (exact) mass is 818 g/mol. The highest BCUT2D eigenvalue weighted by Gasteiger charge is 2.31. The van der Waals surface area contributed by atoms with Crippen molar-refractivity contribution in [1.82, 2.24) is 35.1 Å². The Labute approximate surface area is 346 Å². The first-order valence-corrected chi connectivity index (χ1v) is 20.4. The molecule has 15 heteroatoms. The molecular formula is C45H48F2N8O5. The molecule has 4 heterocycles. The summed E-state index contributed by atoms with van der Waals surface area (Å²) in [7, 11) is 4.81. The number of ether oxygens (including phenoxy) is 1. The Balaban J connectivity index is 1.00. The molecule has 1 atom stereocenters. The van der Waals surface area contributed by atoms with Crippen LogP contribution in [0.4, 0.5) is 14.5 Å². The smallest absolute Gasteiger partial charge is 0.269 e. The molecule has 13 nitrogen and oxygen atoms in total. The average molecular weight is 819 g/mol. The summed E-state index contributed by atoms with van der Waals surface area (Å²) >= 11 is 0. The fourth-order valence-corrected chi connectivity index (χ4v) is 8.82. The van der Waals surface area contributed by atoms with E-state index in [-0.39, 0.29) is 66.0 Å². The van der Waals surface area contributed by atoms with Gasteiger partial charge in [0.1, 0.15) is 23.3 Å². The molecule has 3 aromatic carbocycles. The number of aromatic nitrogens is 4. The van der Waals surface area contributed by atoms with Gasteiger partial charge < -0.3 is 24.8 Å². The van der Waals surface area contributed by atoms with E-state index in [2.05, 4.69) is 38.1 Å². The van der Waals surface area contributed by atoms with E-state index >= 15 is 8.78 Å². The number of H-pyrrole nitrogens is 1. The van der Waals surface area contributed by atoms with Crippen LogP contribution in [0.5, 0.6) is 5.75 Å². The number of halogens is 2. The zero-order valence-corrected chi connectivity index (χ0v) is 33.9. The maximum atomic E-state index is 16.6. The van der Waals surface area contributed by atoms with Crippen LogP contribution in [0.2, 0.25) is 0 Å². The van der Waals surface area contributed by atoms with Gasteiger partial charge in [-0.25, -0.2) is 8.78 Å². The third kappa shape index (κ3) is 8.25.